The molecular formula is C15H14N4O5. The van der Waals surface area contributed by atoms with E-state index in [1.54, 1.807) is 32.0 Å². The number of ether oxygens (including phenoxy) is 1. The molecule has 0 atom stereocenters. The van der Waals surface area contributed by atoms with E-state index in [9.17, 15) is 14.4 Å². The van der Waals surface area contributed by atoms with Crippen LogP contribution >= 0.6 is 0 Å². The minimum Gasteiger partial charge on any atom is -0.492 e. The van der Waals surface area contributed by atoms with Gasteiger partial charge in [0.05, 0.1) is 18.8 Å². The topological polar surface area (TPSA) is 106 Å². The van der Waals surface area contributed by atoms with Crippen LogP contribution in [0.3, 0.4) is 0 Å². The number of rotatable bonds is 5. The zero-order chi connectivity index (χ0) is 17.3. The van der Waals surface area contributed by atoms with Crippen LogP contribution in [0.1, 0.15) is 18.6 Å². The second-order valence-corrected chi connectivity index (χ2v) is 4.94. The number of hydrogen-bond donors (Lipinski definition) is 0. The van der Waals surface area contributed by atoms with Crippen LogP contribution in [-0.2, 0) is 16.1 Å². The van der Waals surface area contributed by atoms with Gasteiger partial charge in [-0.25, -0.2) is 14.6 Å². The molecular weight excluding hydrogens is 316 g/mol. The molecule has 0 spiro atoms. The van der Waals surface area contributed by atoms with E-state index in [0.717, 1.165) is 9.80 Å². The molecule has 2 aromatic rings. The van der Waals surface area contributed by atoms with Crippen molar-refractivity contribution in [1.82, 2.24) is 15.0 Å². The Balaban J connectivity index is 1.92. The quantitative estimate of drug-likeness (QED) is 0.600. The van der Waals surface area contributed by atoms with Crippen molar-refractivity contribution < 1.29 is 23.6 Å². The predicted octanol–water partition coefficient (Wildman–Crippen LogP) is 1.27. The molecule has 0 saturated carbocycles. The first-order valence-corrected chi connectivity index (χ1v) is 7.23. The lowest BCUT2D eigenvalue weighted by Gasteiger charge is -2.17. The van der Waals surface area contributed by atoms with Crippen LogP contribution in [-0.4, -0.2) is 39.5 Å². The first kappa shape index (κ1) is 15.7. The van der Waals surface area contributed by atoms with Crippen molar-refractivity contribution in [1.29, 1.82) is 0 Å². The van der Waals surface area contributed by atoms with E-state index in [0.29, 0.717) is 18.2 Å². The molecule has 0 radical (unpaired) electrons. The van der Waals surface area contributed by atoms with Crippen LogP contribution in [0.15, 0.2) is 28.8 Å². The molecule has 124 valence electrons. The number of aryl methyl sites for hydroxylation is 1. The number of nitrogens with zero attached hydrogens (tertiary/aromatic N) is 4. The molecule has 1 aliphatic rings. The Kier molecular flexibility index (Phi) is 3.98. The molecule has 1 fully saturated rings. The Morgan fingerprint density at radius 3 is 2.58 bits per heavy atom. The lowest BCUT2D eigenvalue weighted by molar-refractivity contribution is -0.139. The van der Waals surface area contributed by atoms with Gasteiger partial charge < -0.3 is 9.26 Å². The van der Waals surface area contributed by atoms with Crippen molar-refractivity contribution >= 4 is 23.5 Å². The maximum Gasteiger partial charge on any atom is 0.339 e. The number of para-hydroxylation sites is 2. The van der Waals surface area contributed by atoms with Gasteiger partial charge in [0.1, 0.15) is 5.75 Å². The van der Waals surface area contributed by atoms with Crippen LogP contribution in [0.2, 0.25) is 0 Å². The minimum atomic E-state index is -0.952. The summed E-state index contributed by atoms with van der Waals surface area (Å²) in [7, 11) is 0. The number of carbonyl (C=O) groups excluding carboxylic acids is 3. The van der Waals surface area contributed by atoms with Crippen molar-refractivity contribution in [3.05, 3.63) is 36.0 Å². The lowest BCUT2D eigenvalue weighted by atomic mass is 10.2. The average Bonchev–Trinajstić information content (AvgIpc) is 3.06. The van der Waals surface area contributed by atoms with Crippen LogP contribution in [0.5, 0.6) is 5.75 Å². The maximum absolute atomic E-state index is 12.6. The molecule has 24 heavy (non-hydrogen) atoms. The Morgan fingerprint density at radius 2 is 1.92 bits per heavy atom. The Bertz CT molecular complexity index is 816. The van der Waals surface area contributed by atoms with Crippen molar-refractivity contribution in [3.8, 4) is 5.75 Å². The largest absolute Gasteiger partial charge is 0.492 e. The smallest absolute Gasteiger partial charge is 0.339 e. The SMILES string of the molecule is CCOc1ccccc1N1C(=O)C(=O)N(Cc2noc(C)n2)C1=O. The van der Waals surface area contributed by atoms with Crippen LogP contribution < -0.4 is 9.64 Å². The average molecular weight is 330 g/mol. The number of hydrogen-bond acceptors (Lipinski definition) is 7. The fourth-order valence-corrected chi connectivity index (χ4v) is 2.32. The van der Waals surface area contributed by atoms with E-state index in [-0.39, 0.29) is 18.1 Å². The molecule has 9 nitrogen and oxygen atoms in total. The number of aromatic nitrogens is 2. The molecule has 1 saturated heterocycles. The lowest BCUT2D eigenvalue weighted by Crippen LogP contribution is -2.33. The molecule has 1 aromatic heterocycles. The molecule has 0 bridgehead atoms. The summed E-state index contributed by atoms with van der Waals surface area (Å²) in [4.78, 5) is 42.5. The van der Waals surface area contributed by atoms with Crippen molar-refractivity contribution in [2.75, 3.05) is 11.5 Å². The Labute approximate surface area is 136 Å². The molecule has 0 aliphatic carbocycles. The summed E-state index contributed by atoms with van der Waals surface area (Å²) in [6, 6.07) is 5.74. The number of benzene rings is 1. The Morgan fingerprint density at radius 1 is 1.17 bits per heavy atom. The van der Waals surface area contributed by atoms with Crippen molar-refractivity contribution in [3.63, 3.8) is 0 Å². The summed E-state index contributed by atoms with van der Waals surface area (Å²) >= 11 is 0. The van der Waals surface area contributed by atoms with Gasteiger partial charge in [-0.15, -0.1) is 0 Å². The first-order valence-electron chi connectivity index (χ1n) is 7.23. The van der Waals surface area contributed by atoms with E-state index < -0.39 is 17.8 Å². The van der Waals surface area contributed by atoms with E-state index in [1.807, 2.05) is 0 Å². The summed E-state index contributed by atoms with van der Waals surface area (Å²) in [5.41, 5.74) is 0.217. The van der Waals surface area contributed by atoms with Gasteiger partial charge in [-0.2, -0.15) is 4.98 Å². The molecule has 3 rings (SSSR count). The standard InChI is InChI=1S/C15H14N4O5/c1-3-23-11-7-5-4-6-10(11)19-14(21)13(20)18(15(19)22)8-12-16-9(2)24-17-12/h4-7H,3,8H2,1-2H3. The highest BCUT2D eigenvalue weighted by molar-refractivity contribution is 6.52. The van der Waals surface area contributed by atoms with E-state index >= 15 is 0 Å². The van der Waals surface area contributed by atoms with Gasteiger partial charge in [0, 0.05) is 6.92 Å². The molecule has 0 N–H and O–H groups in total. The van der Waals surface area contributed by atoms with E-state index in [1.165, 1.54) is 6.07 Å². The van der Waals surface area contributed by atoms with Gasteiger partial charge in [0.25, 0.3) is 0 Å². The fraction of sp³-hybridized carbons (Fsp3) is 0.267. The van der Waals surface area contributed by atoms with Crippen LogP contribution in [0.4, 0.5) is 10.5 Å². The normalized spacial score (nSPS) is 14.7. The van der Waals surface area contributed by atoms with Gasteiger partial charge >= 0.3 is 17.8 Å². The molecule has 0 unspecified atom stereocenters. The number of anilines is 1. The van der Waals surface area contributed by atoms with Gasteiger partial charge in [0.15, 0.2) is 5.82 Å². The van der Waals surface area contributed by atoms with E-state index in [4.69, 9.17) is 9.26 Å². The molecule has 9 heteroatoms. The molecule has 4 amide bonds. The number of imide groups is 2. The predicted molar refractivity (Wildman–Crippen MR) is 80.1 cm³/mol. The highest BCUT2D eigenvalue weighted by atomic mass is 16.5. The number of urea groups is 1. The van der Waals surface area contributed by atoms with Gasteiger partial charge in [-0.05, 0) is 19.1 Å². The molecule has 1 aliphatic heterocycles. The Hall–Kier alpha value is -3.23. The summed E-state index contributed by atoms with van der Waals surface area (Å²) < 4.78 is 10.2. The zero-order valence-electron chi connectivity index (χ0n) is 13.1. The summed E-state index contributed by atoms with van der Waals surface area (Å²) in [6.45, 7) is 3.47. The van der Waals surface area contributed by atoms with Crippen LogP contribution in [0.25, 0.3) is 0 Å². The maximum atomic E-state index is 12.6. The third kappa shape index (κ3) is 2.60. The minimum absolute atomic E-state index is 0.141. The summed E-state index contributed by atoms with van der Waals surface area (Å²) in [5, 5.41) is 3.63. The van der Waals surface area contributed by atoms with Gasteiger partial charge in [0.2, 0.25) is 5.89 Å². The number of carbonyl (C=O) groups is 3. The van der Waals surface area contributed by atoms with Crippen LogP contribution in [0, 0.1) is 6.92 Å². The van der Waals surface area contributed by atoms with Crippen molar-refractivity contribution in [2.24, 2.45) is 0 Å². The monoisotopic (exact) mass is 330 g/mol. The highest BCUT2D eigenvalue weighted by Crippen LogP contribution is 2.32. The van der Waals surface area contributed by atoms with Gasteiger partial charge in [-0.1, -0.05) is 17.3 Å². The van der Waals surface area contributed by atoms with Crippen molar-refractivity contribution in [2.45, 2.75) is 20.4 Å². The molecule has 1 aromatic carbocycles. The number of amides is 4. The third-order valence-corrected chi connectivity index (χ3v) is 3.33. The third-order valence-electron chi connectivity index (χ3n) is 3.33. The first-order chi connectivity index (χ1) is 11.5. The highest BCUT2D eigenvalue weighted by Gasteiger charge is 2.46. The second-order valence-electron chi connectivity index (χ2n) is 4.94. The van der Waals surface area contributed by atoms with Gasteiger partial charge in [-0.3, -0.25) is 9.59 Å². The molecule has 2 heterocycles. The van der Waals surface area contributed by atoms with E-state index in [2.05, 4.69) is 10.1 Å². The summed E-state index contributed by atoms with van der Waals surface area (Å²) in [5.74, 6) is -1.12. The summed E-state index contributed by atoms with van der Waals surface area (Å²) in [6.07, 6.45) is 0. The zero-order valence-corrected chi connectivity index (χ0v) is 13.1. The fourth-order valence-electron chi connectivity index (χ4n) is 2.32. The second kappa shape index (κ2) is 6.11.